The van der Waals surface area contributed by atoms with E-state index in [9.17, 15) is 4.79 Å². The number of carbonyl (C=O) groups excluding carboxylic acids is 1. The largest absolute Gasteiger partial charge is 0.496 e. The number of ether oxygens (including phenoxy) is 3. The fourth-order valence-corrected chi connectivity index (χ4v) is 2.32. The van der Waals surface area contributed by atoms with Gasteiger partial charge in [-0.3, -0.25) is 4.79 Å². The molecule has 128 valence electrons. The average Bonchev–Trinajstić information content (AvgIpc) is 2.62. The molecule has 1 N–H and O–H groups in total. The van der Waals surface area contributed by atoms with Crippen LogP contribution in [0.1, 0.15) is 11.7 Å². The lowest BCUT2D eigenvalue weighted by Gasteiger charge is -2.19. The van der Waals surface area contributed by atoms with Gasteiger partial charge in [-0.15, -0.1) is 0 Å². The summed E-state index contributed by atoms with van der Waals surface area (Å²) < 4.78 is 16.2. The van der Waals surface area contributed by atoms with Gasteiger partial charge in [-0.1, -0.05) is 29.8 Å². The van der Waals surface area contributed by atoms with Crippen molar-refractivity contribution in [2.45, 2.75) is 6.10 Å². The molecule has 0 radical (unpaired) electrons. The minimum atomic E-state index is -0.305. The van der Waals surface area contributed by atoms with Gasteiger partial charge < -0.3 is 19.5 Å². The van der Waals surface area contributed by atoms with E-state index in [2.05, 4.69) is 5.32 Å². The third-order valence-electron chi connectivity index (χ3n) is 3.44. The van der Waals surface area contributed by atoms with Gasteiger partial charge in [0.25, 0.3) is 5.91 Å². The highest BCUT2D eigenvalue weighted by Crippen LogP contribution is 2.26. The van der Waals surface area contributed by atoms with Gasteiger partial charge in [0, 0.05) is 24.2 Å². The Hall–Kier alpha value is -2.24. The Kier molecular flexibility index (Phi) is 6.90. The van der Waals surface area contributed by atoms with Crippen molar-refractivity contribution in [1.29, 1.82) is 0 Å². The van der Waals surface area contributed by atoms with E-state index in [0.717, 1.165) is 11.3 Å². The van der Waals surface area contributed by atoms with Crippen molar-refractivity contribution in [2.75, 3.05) is 27.4 Å². The van der Waals surface area contributed by atoms with Gasteiger partial charge in [-0.2, -0.15) is 0 Å². The Morgan fingerprint density at radius 2 is 1.83 bits per heavy atom. The summed E-state index contributed by atoms with van der Waals surface area (Å²) in [5.74, 6) is 1.07. The molecule has 1 amide bonds. The van der Waals surface area contributed by atoms with Crippen LogP contribution in [0.3, 0.4) is 0 Å². The summed E-state index contributed by atoms with van der Waals surface area (Å²) in [7, 11) is 3.19. The first kappa shape index (κ1) is 18.1. The van der Waals surface area contributed by atoms with E-state index in [1.54, 1.807) is 38.5 Å². The molecule has 2 aromatic rings. The van der Waals surface area contributed by atoms with Crippen molar-refractivity contribution < 1.29 is 19.0 Å². The molecule has 0 bridgehead atoms. The molecule has 0 heterocycles. The molecule has 2 aromatic carbocycles. The van der Waals surface area contributed by atoms with Crippen molar-refractivity contribution in [2.24, 2.45) is 0 Å². The van der Waals surface area contributed by atoms with Crippen LogP contribution in [0.2, 0.25) is 5.02 Å². The van der Waals surface area contributed by atoms with Crippen molar-refractivity contribution >= 4 is 17.5 Å². The molecular formula is C18H20ClNO4. The summed E-state index contributed by atoms with van der Waals surface area (Å²) >= 11 is 5.80. The van der Waals surface area contributed by atoms with Gasteiger partial charge in [0.05, 0.1) is 7.11 Å². The Morgan fingerprint density at radius 1 is 1.12 bits per heavy atom. The molecule has 0 fully saturated rings. The van der Waals surface area contributed by atoms with Crippen molar-refractivity contribution in [3.63, 3.8) is 0 Å². The number of amides is 1. The average molecular weight is 350 g/mol. The smallest absolute Gasteiger partial charge is 0.258 e. The maximum absolute atomic E-state index is 11.9. The van der Waals surface area contributed by atoms with E-state index in [0.29, 0.717) is 17.3 Å². The van der Waals surface area contributed by atoms with Crippen LogP contribution in [-0.2, 0) is 9.53 Å². The van der Waals surface area contributed by atoms with E-state index in [1.165, 1.54) is 0 Å². The van der Waals surface area contributed by atoms with Gasteiger partial charge in [-0.25, -0.2) is 0 Å². The van der Waals surface area contributed by atoms with Crippen LogP contribution >= 0.6 is 11.6 Å². The van der Waals surface area contributed by atoms with E-state index < -0.39 is 0 Å². The molecular weight excluding hydrogens is 330 g/mol. The standard InChI is InChI=1S/C18H20ClNO4/c1-22-16-6-4-3-5-15(16)17(23-2)11-20-18(21)12-24-14-9-7-13(19)8-10-14/h3-10,17H,11-12H2,1-2H3,(H,20,21)/t17-/m0/s1. The van der Waals surface area contributed by atoms with Crippen LogP contribution in [0.5, 0.6) is 11.5 Å². The first-order valence-corrected chi connectivity index (χ1v) is 7.82. The van der Waals surface area contributed by atoms with Crippen molar-refractivity contribution in [3.05, 3.63) is 59.1 Å². The van der Waals surface area contributed by atoms with Gasteiger partial charge in [0.1, 0.15) is 17.6 Å². The number of halogens is 1. The fraction of sp³-hybridized carbons (Fsp3) is 0.278. The summed E-state index contributed by atoms with van der Waals surface area (Å²) in [5, 5.41) is 3.41. The minimum absolute atomic E-state index is 0.0794. The third kappa shape index (κ3) is 5.15. The van der Waals surface area contributed by atoms with Crippen molar-refractivity contribution in [1.82, 2.24) is 5.32 Å². The summed E-state index contributed by atoms with van der Waals surface area (Å²) in [4.78, 5) is 11.9. The number of nitrogens with one attached hydrogen (secondary N) is 1. The van der Waals surface area contributed by atoms with Crippen molar-refractivity contribution in [3.8, 4) is 11.5 Å². The normalized spacial score (nSPS) is 11.6. The summed E-state index contributed by atoms with van der Waals surface area (Å²) in [5.41, 5.74) is 0.876. The zero-order valence-corrected chi connectivity index (χ0v) is 14.4. The number of rotatable bonds is 8. The molecule has 2 rings (SSSR count). The second kappa shape index (κ2) is 9.15. The van der Waals surface area contributed by atoms with Crippen LogP contribution in [0.25, 0.3) is 0 Å². The van der Waals surface area contributed by atoms with Gasteiger partial charge in [0.2, 0.25) is 0 Å². The van der Waals surface area contributed by atoms with E-state index in [-0.39, 0.29) is 18.6 Å². The summed E-state index contributed by atoms with van der Waals surface area (Å²) in [6, 6.07) is 14.4. The molecule has 0 saturated heterocycles. The molecule has 0 saturated carbocycles. The predicted molar refractivity (Wildman–Crippen MR) is 92.7 cm³/mol. The topological polar surface area (TPSA) is 56.8 Å². The fourth-order valence-electron chi connectivity index (χ4n) is 2.19. The van der Waals surface area contributed by atoms with E-state index in [1.807, 2.05) is 24.3 Å². The second-order valence-corrected chi connectivity index (χ2v) is 5.45. The van der Waals surface area contributed by atoms with E-state index in [4.69, 9.17) is 25.8 Å². The maximum atomic E-state index is 11.9. The molecule has 0 spiro atoms. The lowest BCUT2D eigenvalue weighted by molar-refractivity contribution is -0.123. The van der Waals surface area contributed by atoms with Gasteiger partial charge >= 0.3 is 0 Å². The molecule has 1 atom stereocenters. The first-order valence-electron chi connectivity index (χ1n) is 7.44. The van der Waals surface area contributed by atoms with Crippen LogP contribution in [0, 0.1) is 0 Å². The van der Waals surface area contributed by atoms with Crippen LogP contribution in [0.15, 0.2) is 48.5 Å². The van der Waals surface area contributed by atoms with E-state index >= 15 is 0 Å². The molecule has 24 heavy (non-hydrogen) atoms. The second-order valence-electron chi connectivity index (χ2n) is 5.01. The summed E-state index contributed by atoms with van der Waals surface area (Å²) in [6.07, 6.45) is -0.305. The Labute approximate surface area is 146 Å². The SMILES string of the molecule is COc1ccccc1[C@H](CNC(=O)COc1ccc(Cl)cc1)OC. The lowest BCUT2D eigenvalue weighted by Crippen LogP contribution is -2.33. The number of hydrogen-bond donors (Lipinski definition) is 1. The monoisotopic (exact) mass is 349 g/mol. The zero-order valence-electron chi connectivity index (χ0n) is 13.6. The lowest BCUT2D eigenvalue weighted by atomic mass is 10.1. The third-order valence-corrected chi connectivity index (χ3v) is 3.69. The number of para-hydroxylation sites is 1. The highest BCUT2D eigenvalue weighted by Gasteiger charge is 2.16. The van der Waals surface area contributed by atoms with Crippen LogP contribution in [0.4, 0.5) is 0 Å². The number of hydrogen-bond acceptors (Lipinski definition) is 4. The quantitative estimate of drug-likeness (QED) is 0.795. The van der Waals surface area contributed by atoms with Gasteiger partial charge in [-0.05, 0) is 30.3 Å². The molecule has 0 unspecified atom stereocenters. The maximum Gasteiger partial charge on any atom is 0.258 e. The molecule has 0 aliphatic heterocycles. The predicted octanol–water partition coefficient (Wildman–Crippen LogP) is 3.23. The molecule has 0 aromatic heterocycles. The molecule has 5 nitrogen and oxygen atoms in total. The molecule has 0 aliphatic rings. The van der Waals surface area contributed by atoms with Crippen LogP contribution in [-0.4, -0.2) is 33.3 Å². The number of carbonyl (C=O) groups is 1. The van der Waals surface area contributed by atoms with Gasteiger partial charge in [0.15, 0.2) is 6.61 Å². The van der Waals surface area contributed by atoms with Crippen LogP contribution < -0.4 is 14.8 Å². The number of methoxy groups -OCH3 is 2. The molecule has 6 heteroatoms. The molecule has 0 aliphatic carbocycles. The zero-order chi connectivity index (χ0) is 17.4. The Morgan fingerprint density at radius 3 is 2.50 bits per heavy atom. The summed E-state index contributed by atoms with van der Waals surface area (Å²) in [6.45, 7) is 0.240. The number of benzene rings is 2. The highest BCUT2D eigenvalue weighted by molar-refractivity contribution is 6.30. The Balaban J connectivity index is 1.86. The minimum Gasteiger partial charge on any atom is -0.496 e. The first-order chi connectivity index (χ1) is 11.6. The highest BCUT2D eigenvalue weighted by atomic mass is 35.5. The Bertz CT molecular complexity index is 660.